The number of hydrogen-bond acceptors (Lipinski definition) is 3. The first-order chi connectivity index (χ1) is 13.5. The highest BCUT2D eigenvalue weighted by atomic mass is 32.2. The minimum atomic E-state index is -4.67. The maximum Gasteiger partial charge on any atom is 0.416 e. The summed E-state index contributed by atoms with van der Waals surface area (Å²) >= 11 is 0. The third-order valence-electron chi connectivity index (χ3n) is 4.56. The lowest BCUT2D eigenvalue weighted by atomic mass is 9.99. The molecule has 0 aliphatic carbocycles. The zero-order chi connectivity index (χ0) is 21.7. The van der Waals surface area contributed by atoms with Crippen LogP contribution >= 0.6 is 0 Å². The number of carbonyl (C=O) groups is 1. The van der Waals surface area contributed by atoms with Crippen LogP contribution in [0.15, 0.2) is 59.5 Å². The molecule has 0 aliphatic rings. The molecular formula is C20H23F3N2O3S. The average Bonchev–Trinajstić information content (AvgIpc) is 2.70. The topological polar surface area (TPSA) is 75.3 Å². The fourth-order valence-electron chi connectivity index (χ4n) is 2.63. The molecule has 0 fully saturated rings. The summed E-state index contributed by atoms with van der Waals surface area (Å²) in [6.07, 6.45) is -4.18. The highest BCUT2D eigenvalue weighted by Crippen LogP contribution is 2.30. The van der Waals surface area contributed by atoms with E-state index in [9.17, 15) is 26.4 Å². The number of halogens is 3. The van der Waals surface area contributed by atoms with Crippen LogP contribution in [0.1, 0.15) is 31.4 Å². The number of benzene rings is 2. The molecule has 0 spiro atoms. The van der Waals surface area contributed by atoms with E-state index in [4.69, 9.17) is 0 Å². The van der Waals surface area contributed by atoms with Gasteiger partial charge in [0.2, 0.25) is 15.9 Å². The van der Waals surface area contributed by atoms with Gasteiger partial charge in [0.25, 0.3) is 0 Å². The summed E-state index contributed by atoms with van der Waals surface area (Å²) in [6, 6.07) is 11.4. The lowest BCUT2D eigenvalue weighted by molar-refractivity contribution is -0.137. The van der Waals surface area contributed by atoms with Crippen LogP contribution < -0.4 is 10.0 Å². The lowest BCUT2D eigenvalue weighted by Gasteiger charge is -2.23. The van der Waals surface area contributed by atoms with Gasteiger partial charge >= 0.3 is 6.18 Å². The van der Waals surface area contributed by atoms with Gasteiger partial charge in [0.1, 0.15) is 6.04 Å². The summed E-state index contributed by atoms with van der Waals surface area (Å²) in [6.45, 7) is 3.69. The predicted molar refractivity (Wildman–Crippen MR) is 103 cm³/mol. The Balaban J connectivity index is 2.21. The molecule has 5 nitrogen and oxygen atoms in total. The molecule has 2 aromatic carbocycles. The Hall–Kier alpha value is -2.39. The summed E-state index contributed by atoms with van der Waals surface area (Å²) in [7, 11) is -4.34. The Morgan fingerprint density at radius 1 is 1.07 bits per heavy atom. The number of rotatable bonds is 8. The molecule has 158 valence electrons. The Bertz CT molecular complexity index is 931. The Morgan fingerprint density at radius 3 is 2.31 bits per heavy atom. The van der Waals surface area contributed by atoms with Gasteiger partial charge in [0, 0.05) is 6.54 Å². The number of sulfonamides is 1. The van der Waals surface area contributed by atoms with E-state index in [2.05, 4.69) is 10.0 Å². The number of amides is 1. The van der Waals surface area contributed by atoms with Crippen LogP contribution in [0.25, 0.3) is 0 Å². The fraction of sp³-hybridized carbons (Fsp3) is 0.350. The minimum absolute atomic E-state index is 0.206. The predicted octanol–water partition coefficient (Wildman–Crippen LogP) is 3.71. The van der Waals surface area contributed by atoms with Gasteiger partial charge in [0.05, 0.1) is 10.5 Å². The van der Waals surface area contributed by atoms with E-state index in [0.717, 1.165) is 23.8 Å². The van der Waals surface area contributed by atoms with Crippen molar-refractivity contribution in [3.63, 3.8) is 0 Å². The van der Waals surface area contributed by atoms with Crippen LogP contribution in [0.4, 0.5) is 13.2 Å². The van der Waals surface area contributed by atoms with E-state index in [1.165, 1.54) is 0 Å². The second kappa shape index (κ2) is 9.41. The number of nitrogens with one attached hydrogen (secondary N) is 2. The summed E-state index contributed by atoms with van der Waals surface area (Å²) in [5.74, 6) is -0.912. The first kappa shape index (κ1) is 22.9. The van der Waals surface area contributed by atoms with E-state index in [1.807, 2.05) is 30.3 Å². The molecule has 0 saturated carbocycles. The molecule has 0 heterocycles. The van der Waals surface area contributed by atoms with Crippen molar-refractivity contribution >= 4 is 15.9 Å². The summed E-state index contributed by atoms with van der Waals surface area (Å²) in [5.41, 5.74) is -0.238. The molecule has 0 radical (unpaired) electrons. The lowest BCUT2D eigenvalue weighted by Crippen LogP contribution is -2.49. The van der Waals surface area contributed by atoms with E-state index < -0.39 is 38.6 Å². The highest BCUT2D eigenvalue weighted by molar-refractivity contribution is 7.89. The van der Waals surface area contributed by atoms with Crippen LogP contribution in [0.3, 0.4) is 0 Å². The van der Waals surface area contributed by atoms with Crippen molar-refractivity contribution in [2.24, 2.45) is 5.92 Å². The molecule has 2 unspecified atom stereocenters. The van der Waals surface area contributed by atoms with E-state index in [1.54, 1.807) is 13.8 Å². The van der Waals surface area contributed by atoms with Crippen LogP contribution in [-0.2, 0) is 27.5 Å². The van der Waals surface area contributed by atoms with Gasteiger partial charge in [-0.1, -0.05) is 56.7 Å². The fourth-order valence-corrected chi connectivity index (χ4v) is 3.98. The summed E-state index contributed by atoms with van der Waals surface area (Å²) in [4.78, 5) is 12.1. The van der Waals surface area contributed by atoms with Crippen LogP contribution in [0.2, 0.25) is 0 Å². The van der Waals surface area contributed by atoms with Gasteiger partial charge < -0.3 is 5.32 Å². The highest BCUT2D eigenvalue weighted by Gasteiger charge is 2.33. The molecule has 2 aromatic rings. The van der Waals surface area contributed by atoms with Gasteiger partial charge in [-0.15, -0.1) is 0 Å². The largest absolute Gasteiger partial charge is 0.416 e. The van der Waals surface area contributed by atoms with Crippen molar-refractivity contribution in [3.05, 3.63) is 65.7 Å². The second-order valence-electron chi connectivity index (χ2n) is 6.71. The molecule has 0 aliphatic heterocycles. The normalized spacial score (nSPS) is 14.2. The Morgan fingerprint density at radius 2 is 1.72 bits per heavy atom. The Labute approximate surface area is 168 Å². The number of alkyl halides is 3. The van der Waals surface area contributed by atoms with Gasteiger partial charge in [0.15, 0.2) is 0 Å². The monoisotopic (exact) mass is 428 g/mol. The molecule has 29 heavy (non-hydrogen) atoms. The second-order valence-corrected chi connectivity index (χ2v) is 8.43. The molecule has 9 heteroatoms. The molecule has 0 aromatic heterocycles. The van der Waals surface area contributed by atoms with Crippen LogP contribution in [0.5, 0.6) is 0 Å². The molecule has 2 rings (SSSR count). The first-order valence-electron chi connectivity index (χ1n) is 9.06. The van der Waals surface area contributed by atoms with Crippen molar-refractivity contribution in [1.82, 2.24) is 10.0 Å². The maximum absolute atomic E-state index is 12.9. The van der Waals surface area contributed by atoms with Gasteiger partial charge in [-0.2, -0.15) is 17.9 Å². The molecule has 1 amide bonds. The van der Waals surface area contributed by atoms with E-state index in [-0.39, 0.29) is 12.5 Å². The van der Waals surface area contributed by atoms with Gasteiger partial charge in [-0.3, -0.25) is 4.79 Å². The smallest absolute Gasteiger partial charge is 0.351 e. The third-order valence-corrected chi connectivity index (χ3v) is 6.00. The first-order valence-corrected chi connectivity index (χ1v) is 10.5. The zero-order valence-electron chi connectivity index (χ0n) is 16.0. The molecule has 2 atom stereocenters. The standard InChI is InChI=1S/C20H23F3N2O3S/c1-3-14(2)18(19(26)24-13-15-8-5-4-6-9-15)25-29(27,28)17-11-7-10-16(12-17)20(21,22)23/h4-12,14,18,25H,3,13H2,1-2H3,(H,24,26). The van der Waals surface area contributed by atoms with Crippen molar-refractivity contribution in [3.8, 4) is 0 Å². The van der Waals surface area contributed by atoms with E-state index in [0.29, 0.717) is 12.5 Å². The van der Waals surface area contributed by atoms with Crippen LogP contribution in [-0.4, -0.2) is 20.4 Å². The molecular weight excluding hydrogens is 405 g/mol. The molecule has 0 saturated heterocycles. The van der Waals surface area contributed by atoms with Gasteiger partial charge in [-0.25, -0.2) is 8.42 Å². The zero-order valence-corrected chi connectivity index (χ0v) is 16.8. The molecule has 0 bridgehead atoms. The van der Waals surface area contributed by atoms with Crippen molar-refractivity contribution in [2.75, 3.05) is 0 Å². The summed E-state index contributed by atoms with van der Waals surface area (Å²) < 4.78 is 66.3. The van der Waals surface area contributed by atoms with Gasteiger partial charge in [-0.05, 0) is 29.7 Å². The summed E-state index contributed by atoms with van der Waals surface area (Å²) in [5, 5.41) is 2.68. The number of hydrogen-bond donors (Lipinski definition) is 2. The number of carbonyl (C=O) groups excluding carboxylic acids is 1. The SMILES string of the molecule is CCC(C)C(NS(=O)(=O)c1cccc(C(F)(F)F)c1)C(=O)NCc1ccccc1. The van der Waals surface area contributed by atoms with Crippen molar-refractivity contribution in [1.29, 1.82) is 0 Å². The average molecular weight is 428 g/mol. The Kier molecular flexibility index (Phi) is 7.43. The van der Waals surface area contributed by atoms with Crippen molar-refractivity contribution < 1.29 is 26.4 Å². The minimum Gasteiger partial charge on any atom is -0.351 e. The van der Waals surface area contributed by atoms with Crippen LogP contribution in [0, 0.1) is 5.92 Å². The quantitative estimate of drug-likeness (QED) is 0.673. The molecule has 2 N–H and O–H groups in total. The third kappa shape index (κ3) is 6.30. The maximum atomic E-state index is 12.9. The van der Waals surface area contributed by atoms with E-state index >= 15 is 0 Å². The van der Waals surface area contributed by atoms with Crippen molar-refractivity contribution in [2.45, 2.75) is 43.9 Å².